The van der Waals surface area contributed by atoms with Gasteiger partial charge in [-0.1, -0.05) is 36.4 Å². The maximum absolute atomic E-state index is 12.7. The number of aliphatic carboxylic acids is 1. The molecule has 1 amide bonds. The highest BCUT2D eigenvalue weighted by Gasteiger charge is 2.27. The fraction of sp³-hybridized carbons (Fsp3) is 0.348. The van der Waals surface area contributed by atoms with Crippen molar-refractivity contribution < 1.29 is 34.4 Å². The number of carbonyl (C=O) groups excluding carboxylic acids is 2. The molecule has 0 saturated carbocycles. The molecule has 2 aromatic carbocycles. The van der Waals surface area contributed by atoms with E-state index in [0.717, 1.165) is 5.56 Å². The van der Waals surface area contributed by atoms with Gasteiger partial charge in [-0.3, -0.25) is 9.59 Å². The normalized spacial score (nSPS) is 12.5. The first-order valence-electron chi connectivity index (χ1n) is 10.2. The molecule has 0 saturated heterocycles. The van der Waals surface area contributed by atoms with Crippen LogP contribution in [0.5, 0.6) is 11.5 Å². The summed E-state index contributed by atoms with van der Waals surface area (Å²) < 4.78 is 4.78. The lowest BCUT2D eigenvalue weighted by Gasteiger charge is -2.21. The van der Waals surface area contributed by atoms with Crippen molar-refractivity contribution in [2.75, 3.05) is 13.7 Å². The Bertz CT molecular complexity index is 918. The van der Waals surface area contributed by atoms with Crippen LogP contribution in [0.4, 0.5) is 0 Å². The summed E-state index contributed by atoms with van der Waals surface area (Å²) in [6.45, 7) is 0.299. The number of methoxy groups -OCH3 is 1. The molecule has 32 heavy (non-hydrogen) atoms. The number of benzene rings is 2. The quantitative estimate of drug-likeness (QED) is 0.244. The maximum atomic E-state index is 12.7. The first-order chi connectivity index (χ1) is 15.3. The van der Waals surface area contributed by atoms with E-state index >= 15 is 0 Å². The molecule has 9 heteroatoms. The van der Waals surface area contributed by atoms with Gasteiger partial charge in [-0.15, -0.1) is 0 Å². The molecule has 0 spiro atoms. The summed E-state index contributed by atoms with van der Waals surface area (Å²) in [6, 6.07) is 11.4. The predicted molar refractivity (Wildman–Crippen MR) is 116 cm³/mol. The van der Waals surface area contributed by atoms with Crippen LogP contribution < -0.4 is 10.6 Å². The summed E-state index contributed by atoms with van der Waals surface area (Å²) in [5, 5.41) is 33.9. The third-order valence-electron chi connectivity index (χ3n) is 4.86. The number of aryl methyl sites for hydroxylation is 1. The molecule has 0 heterocycles. The molecule has 0 aliphatic heterocycles. The van der Waals surface area contributed by atoms with Crippen LogP contribution in [0.15, 0.2) is 48.5 Å². The molecule has 2 aromatic rings. The van der Waals surface area contributed by atoms with E-state index in [9.17, 15) is 29.7 Å². The minimum absolute atomic E-state index is 0.0355. The summed E-state index contributed by atoms with van der Waals surface area (Å²) >= 11 is 0. The van der Waals surface area contributed by atoms with Gasteiger partial charge in [0.1, 0.15) is 17.5 Å². The summed E-state index contributed by atoms with van der Waals surface area (Å²) in [5.41, 5.74) is 1.44. The fourth-order valence-corrected chi connectivity index (χ4v) is 3.21. The van der Waals surface area contributed by atoms with Gasteiger partial charge in [-0.05, 0) is 36.6 Å². The minimum atomic E-state index is -1.16. The van der Waals surface area contributed by atoms with Gasteiger partial charge in [-0.2, -0.15) is 0 Å². The van der Waals surface area contributed by atoms with Crippen molar-refractivity contribution in [3.8, 4) is 11.5 Å². The Morgan fingerprint density at radius 1 is 1.03 bits per heavy atom. The van der Waals surface area contributed by atoms with Gasteiger partial charge in [0.25, 0.3) is 0 Å². The molecule has 2 rings (SSSR count). The van der Waals surface area contributed by atoms with Gasteiger partial charge >= 0.3 is 11.9 Å². The number of phenols is 2. The molecule has 0 aliphatic carbocycles. The number of aromatic hydroxyl groups is 2. The number of esters is 1. The molecule has 0 bridgehead atoms. The minimum Gasteiger partial charge on any atom is -0.508 e. The van der Waals surface area contributed by atoms with Gasteiger partial charge in [0.15, 0.2) is 0 Å². The molecule has 0 radical (unpaired) electrons. The highest BCUT2D eigenvalue weighted by molar-refractivity contribution is 5.90. The summed E-state index contributed by atoms with van der Waals surface area (Å²) in [5.74, 6) is -2.48. The Morgan fingerprint density at radius 3 is 2.38 bits per heavy atom. The van der Waals surface area contributed by atoms with Crippen molar-refractivity contribution >= 4 is 17.8 Å². The number of rotatable bonds is 12. The Kier molecular flexibility index (Phi) is 9.49. The van der Waals surface area contributed by atoms with E-state index in [0.29, 0.717) is 24.9 Å². The molecular formula is C23H28N2O7. The number of nitrogens with one attached hydrogen (secondary N) is 2. The van der Waals surface area contributed by atoms with E-state index < -0.39 is 36.4 Å². The number of ether oxygens (including phenoxy) is 1. The lowest BCUT2D eigenvalue weighted by atomic mass is 10.0. The molecule has 2 atom stereocenters. The second-order valence-electron chi connectivity index (χ2n) is 7.30. The molecular weight excluding hydrogens is 416 g/mol. The van der Waals surface area contributed by atoms with Crippen molar-refractivity contribution in [2.45, 2.75) is 37.8 Å². The Hall–Kier alpha value is -3.59. The zero-order chi connectivity index (χ0) is 23.5. The number of carbonyl (C=O) groups is 3. The first-order valence-corrected chi connectivity index (χ1v) is 10.2. The predicted octanol–water partition coefficient (Wildman–Crippen LogP) is 1.36. The topological polar surface area (TPSA) is 145 Å². The standard InChI is InChI=1S/C23H28N2O7/c1-32-23(31)19(12-15-6-3-2-4-7-15)25-22(30)18(14-21(28)29)24-11-5-8-16-9-10-17(26)13-20(16)27/h2-4,6-7,9-10,13,18-19,24,26-27H,5,8,11-12,14H2,1H3,(H,25,30)(H,28,29)/t18-,19-/m0/s1. The van der Waals surface area contributed by atoms with Crippen LogP contribution in [0.2, 0.25) is 0 Å². The van der Waals surface area contributed by atoms with Gasteiger partial charge in [0.2, 0.25) is 5.91 Å². The van der Waals surface area contributed by atoms with Crippen LogP contribution in [0, 0.1) is 0 Å². The molecule has 0 fully saturated rings. The van der Waals surface area contributed by atoms with Crippen LogP contribution in [0.25, 0.3) is 0 Å². The Labute approximate surface area is 186 Å². The average molecular weight is 444 g/mol. The summed E-state index contributed by atoms with van der Waals surface area (Å²) in [7, 11) is 1.22. The van der Waals surface area contributed by atoms with Crippen molar-refractivity contribution in [3.05, 3.63) is 59.7 Å². The highest BCUT2D eigenvalue weighted by atomic mass is 16.5. The fourth-order valence-electron chi connectivity index (χ4n) is 3.21. The number of hydrogen-bond acceptors (Lipinski definition) is 7. The van der Waals surface area contributed by atoms with Crippen LogP contribution in [-0.2, 0) is 32.0 Å². The van der Waals surface area contributed by atoms with E-state index in [1.807, 2.05) is 30.3 Å². The van der Waals surface area contributed by atoms with Crippen LogP contribution in [0.1, 0.15) is 24.0 Å². The lowest BCUT2D eigenvalue weighted by molar-refractivity contribution is -0.145. The van der Waals surface area contributed by atoms with Crippen molar-refractivity contribution in [2.24, 2.45) is 0 Å². The van der Waals surface area contributed by atoms with E-state index in [4.69, 9.17) is 4.74 Å². The number of carboxylic acids is 1. The third kappa shape index (κ3) is 7.92. The molecule has 0 aliphatic rings. The zero-order valence-electron chi connectivity index (χ0n) is 17.8. The first kappa shape index (κ1) is 24.7. The van der Waals surface area contributed by atoms with Crippen molar-refractivity contribution in [3.63, 3.8) is 0 Å². The Balaban J connectivity index is 1.97. The van der Waals surface area contributed by atoms with E-state index in [2.05, 4.69) is 10.6 Å². The van der Waals surface area contributed by atoms with Gasteiger partial charge in [0, 0.05) is 12.5 Å². The number of amides is 1. The summed E-state index contributed by atoms with van der Waals surface area (Å²) in [4.78, 5) is 36.1. The number of phenolic OH excluding ortho intramolecular Hbond substituents is 2. The zero-order valence-corrected chi connectivity index (χ0v) is 17.8. The largest absolute Gasteiger partial charge is 0.508 e. The van der Waals surface area contributed by atoms with Crippen LogP contribution >= 0.6 is 0 Å². The summed E-state index contributed by atoms with van der Waals surface area (Å²) in [6.07, 6.45) is 0.709. The lowest BCUT2D eigenvalue weighted by Crippen LogP contribution is -2.52. The molecule has 9 nitrogen and oxygen atoms in total. The van der Waals surface area contributed by atoms with Crippen LogP contribution in [0.3, 0.4) is 0 Å². The van der Waals surface area contributed by atoms with Crippen molar-refractivity contribution in [1.82, 2.24) is 10.6 Å². The number of carboxylic acid groups (broad SMARTS) is 1. The smallest absolute Gasteiger partial charge is 0.328 e. The molecule has 5 N–H and O–H groups in total. The second kappa shape index (κ2) is 12.3. The second-order valence-corrected chi connectivity index (χ2v) is 7.30. The molecule has 172 valence electrons. The highest BCUT2D eigenvalue weighted by Crippen LogP contribution is 2.23. The SMILES string of the molecule is COC(=O)[C@H](Cc1ccccc1)NC(=O)[C@H](CC(=O)O)NCCCc1ccc(O)cc1O. The van der Waals surface area contributed by atoms with E-state index in [1.165, 1.54) is 19.2 Å². The van der Waals surface area contributed by atoms with Crippen molar-refractivity contribution in [1.29, 1.82) is 0 Å². The van der Waals surface area contributed by atoms with Gasteiger partial charge in [0.05, 0.1) is 19.6 Å². The number of hydrogen-bond donors (Lipinski definition) is 5. The monoisotopic (exact) mass is 444 g/mol. The molecule has 0 aromatic heterocycles. The maximum Gasteiger partial charge on any atom is 0.328 e. The van der Waals surface area contributed by atoms with Crippen LogP contribution in [-0.4, -0.2) is 58.9 Å². The Morgan fingerprint density at radius 2 is 1.75 bits per heavy atom. The average Bonchev–Trinajstić information content (AvgIpc) is 2.76. The van der Waals surface area contributed by atoms with E-state index in [1.54, 1.807) is 6.07 Å². The molecule has 0 unspecified atom stereocenters. The van der Waals surface area contributed by atoms with E-state index in [-0.39, 0.29) is 17.9 Å². The third-order valence-corrected chi connectivity index (χ3v) is 4.86. The van der Waals surface area contributed by atoms with Gasteiger partial charge in [-0.25, -0.2) is 4.79 Å². The van der Waals surface area contributed by atoms with Gasteiger partial charge < -0.3 is 30.7 Å².